The Kier molecular flexibility index (Phi) is 5.83. The van der Waals surface area contributed by atoms with Crippen LogP contribution in [0.4, 0.5) is 11.4 Å². The number of ether oxygens (including phenoxy) is 1. The summed E-state index contributed by atoms with van der Waals surface area (Å²) in [6.45, 7) is 1.86. The van der Waals surface area contributed by atoms with Crippen LogP contribution >= 0.6 is 0 Å². The van der Waals surface area contributed by atoms with Crippen LogP contribution in [0.1, 0.15) is 32.1 Å². The number of rotatable bonds is 5. The number of hydrogen-bond acceptors (Lipinski definition) is 6. The van der Waals surface area contributed by atoms with Gasteiger partial charge in [-0.3, -0.25) is 14.9 Å². The number of amides is 1. The van der Waals surface area contributed by atoms with Crippen LogP contribution in [0.2, 0.25) is 0 Å². The van der Waals surface area contributed by atoms with Gasteiger partial charge in [-0.05, 0) is 31.7 Å². The molecule has 1 aromatic carbocycles. The molecular weight excluding hydrogens is 326 g/mol. The molecule has 3 rings (SSSR count). The number of nitro benzene ring substituents is 1. The second kappa shape index (κ2) is 8.26. The predicted octanol–water partition coefficient (Wildman–Crippen LogP) is 2.39. The Balaban J connectivity index is 1.50. The number of nitrogens with one attached hydrogen (secondary N) is 1. The Labute approximate surface area is 146 Å². The molecule has 1 N–H and O–H groups in total. The highest BCUT2D eigenvalue weighted by molar-refractivity contribution is 5.78. The van der Waals surface area contributed by atoms with Gasteiger partial charge in [-0.1, -0.05) is 12.1 Å². The maximum Gasteiger partial charge on any atom is 0.292 e. The van der Waals surface area contributed by atoms with Crippen molar-refractivity contribution in [3.8, 4) is 0 Å². The van der Waals surface area contributed by atoms with Gasteiger partial charge in [-0.2, -0.15) is 0 Å². The zero-order valence-electron chi connectivity index (χ0n) is 14.1. The molecule has 2 fully saturated rings. The number of carbonyl (C=O) groups is 1. The van der Waals surface area contributed by atoms with E-state index in [4.69, 9.17) is 9.57 Å². The summed E-state index contributed by atoms with van der Waals surface area (Å²) in [6.07, 6.45) is 3.76. The molecule has 1 amide bonds. The average molecular weight is 349 g/mol. The van der Waals surface area contributed by atoms with E-state index < -0.39 is 0 Å². The van der Waals surface area contributed by atoms with Crippen LogP contribution in [0, 0.1) is 16.0 Å². The van der Waals surface area contributed by atoms with E-state index in [0.29, 0.717) is 38.2 Å². The monoisotopic (exact) mass is 349 g/mol. The van der Waals surface area contributed by atoms with E-state index in [1.54, 1.807) is 18.2 Å². The Morgan fingerprint density at radius 2 is 2.00 bits per heavy atom. The number of nitrogens with zero attached hydrogens (tertiary/aromatic N) is 2. The summed E-state index contributed by atoms with van der Waals surface area (Å²) in [4.78, 5) is 30.3. The lowest BCUT2D eigenvalue weighted by Gasteiger charge is -2.32. The van der Waals surface area contributed by atoms with E-state index in [-0.39, 0.29) is 28.7 Å². The summed E-state index contributed by atoms with van der Waals surface area (Å²) in [7, 11) is 0. The molecule has 0 saturated carbocycles. The van der Waals surface area contributed by atoms with E-state index >= 15 is 0 Å². The van der Waals surface area contributed by atoms with Crippen molar-refractivity contribution >= 4 is 17.3 Å². The van der Waals surface area contributed by atoms with E-state index in [1.165, 1.54) is 6.07 Å². The van der Waals surface area contributed by atoms with Crippen LogP contribution in [0.3, 0.4) is 0 Å². The summed E-state index contributed by atoms with van der Waals surface area (Å²) in [6, 6.07) is 6.71. The zero-order valence-corrected chi connectivity index (χ0v) is 14.1. The molecule has 2 aliphatic heterocycles. The van der Waals surface area contributed by atoms with Gasteiger partial charge >= 0.3 is 0 Å². The quantitative estimate of drug-likeness (QED) is 0.648. The molecule has 8 heteroatoms. The number of hydroxylamine groups is 1. The van der Waals surface area contributed by atoms with Gasteiger partial charge in [0.25, 0.3) is 5.69 Å². The standard InChI is InChI=1S/C17H23N3O5/c21-17(18-25-16-7-3-4-12-24-16)13-8-10-19(11-9-13)14-5-1-2-6-15(14)20(22)23/h1-2,5-6,13,16H,3-4,7-12H2,(H,18,21). The Hall–Kier alpha value is -2.19. The van der Waals surface area contributed by atoms with Crippen molar-refractivity contribution < 1.29 is 19.3 Å². The number of benzene rings is 1. The molecular formula is C17H23N3O5. The van der Waals surface area contributed by atoms with Crippen molar-refractivity contribution in [3.05, 3.63) is 34.4 Å². The van der Waals surface area contributed by atoms with Gasteiger partial charge in [0.15, 0.2) is 6.29 Å². The highest BCUT2D eigenvalue weighted by atomic mass is 16.8. The minimum Gasteiger partial charge on any atom is -0.366 e. The van der Waals surface area contributed by atoms with Crippen molar-refractivity contribution in [1.82, 2.24) is 5.48 Å². The fourth-order valence-corrected chi connectivity index (χ4v) is 3.28. The second-order valence-electron chi connectivity index (χ2n) is 6.39. The molecule has 1 atom stereocenters. The van der Waals surface area contributed by atoms with Gasteiger partial charge in [0.2, 0.25) is 5.91 Å². The number of carbonyl (C=O) groups excluding carboxylic acids is 1. The van der Waals surface area contributed by atoms with Crippen LogP contribution in [0.25, 0.3) is 0 Å². The zero-order chi connectivity index (χ0) is 17.6. The molecule has 0 bridgehead atoms. The first kappa shape index (κ1) is 17.6. The fraction of sp³-hybridized carbons (Fsp3) is 0.588. The maximum atomic E-state index is 12.2. The number of nitro groups is 1. The van der Waals surface area contributed by atoms with Crippen LogP contribution in [-0.4, -0.2) is 36.8 Å². The lowest BCUT2D eigenvalue weighted by Crippen LogP contribution is -2.42. The Morgan fingerprint density at radius 3 is 2.68 bits per heavy atom. The summed E-state index contributed by atoms with van der Waals surface area (Å²) in [5.74, 6) is -0.293. The van der Waals surface area contributed by atoms with Crippen molar-refractivity contribution in [1.29, 1.82) is 0 Å². The summed E-state index contributed by atoms with van der Waals surface area (Å²) in [5, 5.41) is 11.2. The van der Waals surface area contributed by atoms with Crippen molar-refractivity contribution in [3.63, 3.8) is 0 Å². The number of piperidine rings is 1. The molecule has 8 nitrogen and oxygen atoms in total. The van der Waals surface area contributed by atoms with Gasteiger partial charge in [0.05, 0.1) is 4.92 Å². The minimum atomic E-state index is -0.369. The van der Waals surface area contributed by atoms with E-state index in [0.717, 1.165) is 19.3 Å². The normalized spacial score (nSPS) is 21.8. The van der Waals surface area contributed by atoms with Crippen LogP contribution in [0.5, 0.6) is 0 Å². The summed E-state index contributed by atoms with van der Waals surface area (Å²) in [5.41, 5.74) is 3.23. The van der Waals surface area contributed by atoms with E-state index in [1.807, 2.05) is 4.90 Å². The van der Waals surface area contributed by atoms with Crippen LogP contribution in [-0.2, 0) is 14.4 Å². The number of para-hydroxylation sites is 2. The molecule has 1 aromatic rings. The maximum absolute atomic E-state index is 12.2. The Bertz CT molecular complexity index is 610. The molecule has 25 heavy (non-hydrogen) atoms. The lowest BCUT2D eigenvalue weighted by atomic mass is 9.95. The average Bonchev–Trinajstić information content (AvgIpc) is 2.67. The Morgan fingerprint density at radius 1 is 1.24 bits per heavy atom. The van der Waals surface area contributed by atoms with Crippen LogP contribution < -0.4 is 10.4 Å². The number of hydrogen-bond donors (Lipinski definition) is 1. The first-order valence-electron chi connectivity index (χ1n) is 8.70. The molecule has 1 unspecified atom stereocenters. The molecule has 136 valence electrons. The summed E-state index contributed by atoms with van der Waals surface area (Å²) >= 11 is 0. The molecule has 0 aliphatic carbocycles. The van der Waals surface area contributed by atoms with Gasteiger partial charge < -0.3 is 9.64 Å². The van der Waals surface area contributed by atoms with E-state index in [9.17, 15) is 14.9 Å². The minimum absolute atomic E-state index is 0.100. The lowest BCUT2D eigenvalue weighted by molar-refractivity contribution is -0.384. The van der Waals surface area contributed by atoms with Crippen molar-refractivity contribution in [2.75, 3.05) is 24.6 Å². The van der Waals surface area contributed by atoms with Crippen LogP contribution in [0.15, 0.2) is 24.3 Å². The molecule has 2 heterocycles. The fourth-order valence-electron chi connectivity index (χ4n) is 3.28. The molecule has 2 aliphatic rings. The predicted molar refractivity (Wildman–Crippen MR) is 90.9 cm³/mol. The van der Waals surface area contributed by atoms with Crippen molar-refractivity contribution in [2.45, 2.75) is 38.4 Å². The first-order valence-corrected chi connectivity index (χ1v) is 8.70. The van der Waals surface area contributed by atoms with Gasteiger partial charge in [-0.25, -0.2) is 10.3 Å². The van der Waals surface area contributed by atoms with E-state index in [2.05, 4.69) is 5.48 Å². The summed E-state index contributed by atoms with van der Waals surface area (Å²) < 4.78 is 5.42. The highest BCUT2D eigenvalue weighted by Gasteiger charge is 2.28. The van der Waals surface area contributed by atoms with Gasteiger partial charge in [-0.15, -0.1) is 0 Å². The topological polar surface area (TPSA) is 93.9 Å². The largest absolute Gasteiger partial charge is 0.366 e. The van der Waals surface area contributed by atoms with Crippen molar-refractivity contribution in [2.24, 2.45) is 5.92 Å². The highest BCUT2D eigenvalue weighted by Crippen LogP contribution is 2.31. The molecule has 2 saturated heterocycles. The first-order chi connectivity index (χ1) is 12.1. The molecule has 0 aromatic heterocycles. The number of anilines is 1. The molecule has 0 radical (unpaired) electrons. The third kappa shape index (κ3) is 4.46. The third-order valence-electron chi connectivity index (χ3n) is 4.71. The van der Waals surface area contributed by atoms with Gasteiger partial charge in [0, 0.05) is 38.1 Å². The second-order valence-corrected chi connectivity index (χ2v) is 6.39. The third-order valence-corrected chi connectivity index (χ3v) is 4.71. The molecule has 0 spiro atoms. The van der Waals surface area contributed by atoms with Gasteiger partial charge in [0.1, 0.15) is 5.69 Å². The smallest absolute Gasteiger partial charge is 0.292 e. The SMILES string of the molecule is O=C(NOC1CCCCO1)C1CCN(c2ccccc2[N+](=O)[O-])CC1.